The van der Waals surface area contributed by atoms with E-state index in [1.807, 2.05) is 0 Å². The average Bonchev–Trinajstić information content (AvgIpc) is 3.06. The number of nitro benzene ring substituents is 1. The lowest BCUT2D eigenvalue weighted by Gasteiger charge is -2.15. The molecule has 24 nitrogen and oxygen atoms in total. The molecule has 5 rings (SSSR count). The minimum atomic E-state index is -5.31. The molecule has 0 unspecified atom stereocenters. The fourth-order valence-corrected chi connectivity index (χ4v) is 7.48. The van der Waals surface area contributed by atoms with Gasteiger partial charge in [-0.2, -0.15) is 40.2 Å². The predicted molar refractivity (Wildman–Crippen MR) is 192 cm³/mol. The zero-order valence-electron chi connectivity index (χ0n) is 27.1. The number of nitrogens with zero attached hydrogens (tertiary/aromatic N) is 6. The molecule has 0 atom stereocenters. The van der Waals surface area contributed by atoms with E-state index >= 15 is 0 Å². The summed E-state index contributed by atoms with van der Waals surface area (Å²) in [7, 11) is -19.3. The Morgan fingerprint density at radius 3 is 2.02 bits per heavy atom. The highest BCUT2D eigenvalue weighted by molar-refractivity contribution is 7.91. The molecule has 56 heavy (non-hydrogen) atoms. The average molecular weight is 877 g/mol. The minimum Gasteiger partial charge on any atom is -0.506 e. The molecule has 0 aliphatic carbocycles. The van der Waals surface area contributed by atoms with Crippen LogP contribution < -0.4 is 10.6 Å². The van der Waals surface area contributed by atoms with Crippen molar-refractivity contribution in [3.8, 4) is 11.5 Å². The van der Waals surface area contributed by atoms with E-state index in [4.69, 9.17) is 16.2 Å². The van der Waals surface area contributed by atoms with Crippen LogP contribution in [0, 0.1) is 10.1 Å². The van der Waals surface area contributed by atoms with E-state index in [1.165, 1.54) is 12.1 Å². The molecule has 0 bridgehead atoms. The molecule has 4 aromatic carbocycles. The number of rotatable bonds is 14. The number of halogens is 1. The number of sulfone groups is 1. The molecule has 1 aromatic heterocycles. The summed E-state index contributed by atoms with van der Waals surface area (Å²) in [5.74, 6) is -3.37. The molecule has 0 radical (unpaired) electrons. The topological polar surface area (TPSA) is 378 Å². The van der Waals surface area contributed by atoms with Crippen LogP contribution in [0.4, 0.5) is 40.3 Å². The maximum absolute atomic E-state index is 12.5. The molecule has 0 saturated carbocycles. The van der Waals surface area contributed by atoms with E-state index in [9.17, 15) is 63.1 Å². The van der Waals surface area contributed by atoms with E-state index in [-0.39, 0.29) is 16.5 Å². The van der Waals surface area contributed by atoms with Crippen LogP contribution in [0.2, 0.25) is 5.28 Å². The van der Waals surface area contributed by atoms with E-state index in [0.29, 0.717) is 6.07 Å². The molecular formula is C27H21ClN8O16S4. The zero-order chi connectivity index (χ0) is 41.4. The third kappa shape index (κ3) is 9.92. The van der Waals surface area contributed by atoms with Crippen LogP contribution in [-0.2, 0) is 44.7 Å². The Balaban J connectivity index is 1.56. The van der Waals surface area contributed by atoms with Gasteiger partial charge >= 0.3 is 10.4 Å². The second kappa shape index (κ2) is 15.4. The molecule has 296 valence electrons. The second-order valence-corrected chi connectivity index (χ2v) is 17.2. The van der Waals surface area contributed by atoms with Crippen LogP contribution in [0.25, 0.3) is 10.8 Å². The minimum absolute atomic E-state index is 0.158. The van der Waals surface area contributed by atoms with Crippen LogP contribution >= 0.6 is 11.6 Å². The largest absolute Gasteiger partial charge is 0.506 e. The van der Waals surface area contributed by atoms with E-state index in [0.717, 1.165) is 42.5 Å². The molecular weight excluding hydrogens is 856 g/mol. The van der Waals surface area contributed by atoms with Crippen molar-refractivity contribution >= 4 is 103 Å². The lowest BCUT2D eigenvalue weighted by atomic mass is 10.1. The molecule has 5 aromatic rings. The summed E-state index contributed by atoms with van der Waals surface area (Å²) in [5.41, 5.74) is -2.44. The molecule has 0 spiro atoms. The first-order chi connectivity index (χ1) is 25.9. The summed E-state index contributed by atoms with van der Waals surface area (Å²) in [6.45, 7) is -0.862. The number of non-ortho nitro benzene ring substituents is 1. The van der Waals surface area contributed by atoms with Gasteiger partial charge in [0.15, 0.2) is 15.6 Å². The number of nitrogens with one attached hydrogen (secondary N) is 2. The number of aromatic nitrogens is 3. The Bertz CT molecular complexity index is 2900. The van der Waals surface area contributed by atoms with Gasteiger partial charge in [-0.05, 0) is 65.5 Å². The molecule has 0 aliphatic heterocycles. The number of azo groups is 1. The number of phenols is 2. The Hall–Kier alpha value is -5.72. The normalized spacial score (nSPS) is 12.6. The third-order valence-corrected chi connectivity index (χ3v) is 11.1. The summed E-state index contributed by atoms with van der Waals surface area (Å²) >= 11 is 6.08. The molecule has 29 heteroatoms. The summed E-state index contributed by atoms with van der Waals surface area (Å²) in [4.78, 5) is 19.9. The van der Waals surface area contributed by atoms with Crippen molar-refractivity contribution in [1.29, 1.82) is 0 Å². The van der Waals surface area contributed by atoms with E-state index in [1.54, 1.807) is 0 Å². The second-order valence-electron chi connectivity index (χ2n) is 10.8. The summed E-state index contributed by atoms with van der Waals surface area (Å²) in [5, 5.41) is 43.7. The molecule has 0 fully saturated rings. The van der Waals surface area contributed by atoms with Gasteiger partial charge in [-0.15, -0.1) is 10.2 Å². The van der Waals surface area contributed by atoms with E-state index < -0.39 is 124 Å². The predicted octanol–water partition coefficient (Wildman–Crippen LogP) is 3.99. The number of phenolic OH excluding ortho intramolecular Hbond substituents is 2. The number of benzene rings is 4. The van der Waals surface area contributed by atoms with Crippen molar-refractivity contribution in [2.45, 2.75) is 14.7 Å². The number of hydrogen-bond donors (Lipinski definition) is 7. The van der Waals surface area contributed by atoms with Gasteiger partial charge in [-0.1, -0.05) is 0 Å². The van der Waals surface area contributed by atoms with Gasteiger partial charge in [0.25, 0.3) is 25.9 Å². The van der Waals surface area contributed by atoms with Gasteiger partial charge in [0.1, 0.15) is 22.0 Å². The maximum atomic E-state index is 12.5. The smallest absolute Gasteiger partial charge is 0.397 e. The van der Waals surface area contributed by atoms with Gasteiger partial charge in [0.05, 0.1) is 32.8 Å². The lowest BCUT2D eigenvalue weighted by molar-refractivity contribution is -0.384. The van der Waals surface area contributed by atoms with Crippen molar-refractivity contribution in [1.82, 2.24) is 15.0 Å². The van der Waals surface area contributed by atoms with Crippen molar-refractivity contribution in [3.05, 3.63) is 76.1 Å². The van der Waals surface area contributed by atoms with Crippen LogP contribution in [0.3, 0.4) is 0 Å². The quantitative estimate of drug-likeness (QED) is 0.0359. The third-order valence-electron chi connectivity index (χ3n) is 7.04. The van der Waals surface area contributed by atoms with Gasteiger partial charge in [-0.25, -0.2) is 12.6 Å². The molecule has 7 N–H and O–H groups in total. The van der Waals surface area contributed by atoms with Crippen molar-refractivity contribution < 1.29 is 66.6 Å². The summed E-state index contributed by atoms with van der Waals surface area (Å²) < 4.78 is 128. The summed E-state index contributed by atoms with van der Waals surface area (Å²) in [6, 6.07) is 9.42. The SMILES string of the molecule is O=[N+]([O-])c1ccc(O)c(N=Nc2c(S(=O)(=O)O)cc3cc(S(=O)(=O)O)cc(Nc4nc(Cl)nc(Nc5ccc(S(=O)(=O)CCOS(=O)(=O)O)cc5)n4)c3c2O)c1. The van der Waals surface area contributed by atoms with Crippen LogP contribution in [0.5, 0.6) is 11.5 Å². The number of nitro groups is 1. The monoisotopic (exact) mass is 876 g/mol. The molecule has 0 amide bonds. The highest BCUT2D eigenvalue weighted by Gasteiger charge is 2.26. The highest BCUT2D eigenvalue weighted by Crippen LogP contribution is 2.46. The molecule has 0 saturated heterocycles. The van der Waals surface area contributed by atoms with Gasteiger partial charge < -0.3 is 20.8 Å². The van der Waals surface area contributed by atoms with Crippen molar-refractivity contribution in [3.63, 3.8) is 0 Å². The molecule has 1 heterocycles. The first-order valence-corrected chi connectivity index (χ1v) is 20.8. The van der Waals surface area contributed by atoms with Crippen LogP contribution in [-0.4, -0.2) is 89.8 Å². The standard InChI is InChI=1S/C27H21ClN8O16S4/c28-25-31-26(29-14-1-4-16(5-2-14)53(41,42)8-7-52-56(49,50)51)33-27(32-25)30-19-12-17(54(43,44)45)9-13-10-21(55(46,47)48)23(24(38)22(13)19)35-34-18-11-15(36(39)40)3-6-20(18)37/h1-6,9-12,37-38H,7-8H2,(H,43,44,45)(H,46,47,48)(H,49,50,51)(H2,29,30,31,32,33). The Labute approximate surface area is 319 Å². The van der Waals surface area contributed by atoms with Crippen LogP contribution in [0.15, 0.2) is 85.6 Å². The summed E-state index contributed by atoms with van der Waals surface area (Å²) in [6.07, 6.45) is 0. The Morgan fingerprint density at radius 1 is 0.786 bits per heavy atom. The van der Waals surface area contributed by atoms with E-state index in [2.05, 4.69) is 40.0 Å². The van der Waals surface area contributed by atoms with Crippen molar-refractivity contribution in [2.75, 3.05) is 23.0 Å². The first-order valence-electron chi connectivity index (χ1n) is 14.5. The van der Waals surface area contributed by atoms with Gasteiger partial charge in [0.2, 0.25) is 17.2 Å². The zero-order valence-corrected chi connectivity index (χ0v) is 31.1. The number of anilines is 4. The Kier molecular flexibility index (Phi) is 11.4. The molecule has 0 aliphatic rings. The number of aromatic hydroxyl groups is 2. The van der Waals surface area contributed by atoms with Crippen LogP contribution in [0.1, 0.15) is 0 Å². The highest BCUT2D eigenvalue weighted by atomic mass is 35.5. The van der Waals surface area contributed by atoms with Crippen molar-refractivity contribution in [2.24, 2.45) is 10.2 Å². The Morgan fingerprint density at radius 2 is 1.43 bits per heavy atom. The van der Waals surface area contributed by atoms with Gasteiger partial charge in [-0.3, -0.25) is 23.8 Å². The fraction of sp³-hybridized carbons (Fsp3) is 0.0741. The maximum Gasteiger partial charge on any atom is 0.397 e. The lowest BCUT2D eigenvalue weighted by Crippen LogP contribution is -2.15. The number of fused-ring (bicyclic) bond motifs is 1. The first kappa shape index (κ1) is 41.4. The number of hydrogen-bond acceptors (Lipinski definition) is 20. The van der Waals surface area contributed by atoms with Gasteiger partial charge in [0, 0.05) is 23.2 Å². The fourth-order valence-electron chi connectivity index (χ4n) is 4.63.